The van der Waals surface area contributed by atoms with Crippen molar-refractivity contribution in [2.24, 2.45) is 0 Å². The second-order valence-electron chi connectivity index (χ2n) is 5.65. The third kappa shape index (κ3) is 4.85. The molecule has 0 bridgehead atoms. The zero-order valence-corrected chi connectivity index (χ0v) is 14.1. The van der Waals surface area contributed by atoms with Gasteiger partial charge in [0.1, 0.15) is 0 Å². The van der Waals surface area contributed by atoms with E-state index in [1.807, 2.05) is 0 Å². The van der Waals surface area contributed by atoms with Gasteiger partial charge in [-0.25, -0.2) is 9.59 Å². The van der Waals surface area contributed by atoms with Crippen LogP contribution in [0.3, 0.4) is 0 Å². The molecule has 0 aliphatic carbocycles. The number of carbonyl (C=O) groups excluding carboxylic acids is 6. The normalized spacial score (nSPS) is 18.5. The first kappa shape index (κ1) is 19.5. The Bertz CT molecular complexity index is 613. The molecule has 2 rings (SSSR count). The van der Waals surface area contributed by atoms with Crippen molar-refractivity contribution in [3.05, 3.63) is 0 Å². The molecule has 11 heteroatoms. The number of imide groups is 2. The van der Waals surface area contributed by atoms with E-state index in [0.29, 0.717) is 10.1 Å². The molecule has 2 aliphatic rings. The summed E-state index contributed by atoms with van der Waals surface area (Å²) in [4.78, 5) is 78.0. The van der Waals surface area contributed by atoms with Gasteiger partial charge in [0, 0.05) is 32.3 Å². The van der Waals surface area contributed by atoms with Gasteiger partial charge in [-0.3, -0.25) is 19.2 Å². The molecule has 0 aromatic heterocycles. The van der Waals surface area contributed by atoms with Crippen LogP contribution in [0.15, 0.2) is 0 Å². The maximum atomic E-state index is 11.8. The molecule has 1 atom stereocenters. The molecular weight excluding hydrogens is 352 g/mol. The fourth-order valence-corrected chi connectivity index (χ4v) is 2.17. The molecule has 2 fully saturated rings. The van der Waals surface area contributed by atoms with E-state index >= 15 is 0 Å². The van der Waals surface area contributed by atoms with Crippen LogP contribution in [0.1, 0.15) is 45.4 Å². The SMILES string of the molecule is CC(OCCCC(=O)ON1C(=O)CCC1=O)C(=O)ON1C(=O)CCC1=O. The Hall–Kier alpha value is -2.82. The Morgan fingerprint density at radius 2 is 1.35 bits per heavy atom. The molecule has 11 nitrogen and oxygen atoms in total. The third-order valence-corrected chi connectivity index (χ3v) is 3.61. The van der Waals surface area contributed by atoms with Crippen LogP contribution in [0.2, 0.25) is 0 Å². The molecule has 26 heavy (non-hydrogen) atoms. The number of hydrogen-bond acceptors (Lipinski definition) is 9. The number of amides is 4. The lowest BCUT2D eigenvalue weighted by Gasteiger charge is -2.16. The van der Waals surface area contributed by atoms with Crippen molar-refractivity contribution < 1.29 is 43.2 Å². The van der Waals surface area contributed by atoms with E-state index in [-0.39, 0.29) is 45.1 Å². The molecule has 142 valence electrons. The van der Waals surface area contributed by atoms with Crippen LogP contribution in [-0.2, 0) is 43.2 Å². The fraction of sp³-hybridized carbons (Fsp3) is 0.600. The van der Waals surface area contributed by atoms with Gasteiger partial charge in [-0.2, -0.15) is 0 Å². The van der Waals surface area contributed by atoms with Crippen LogP contribution in [0.4, 0.5) is 0 Å². The Morgan fingerprint density at radius 3 is 1.85 bits per heavy atom. The lowest BCUT2D eigenvalue weighted by molar-refractivity contribution is -0.204. The summed E-state index contributed by atoms with van der Waals surface area (Å²) in [6.07, 6.45) is -1.03. The van der Waals surface area contributed by atoms with Crippen molar-refractivity contribution in [3.63, 3.8) is 0 Å². The van der Waals surface area contributed by atoms with Crippen molar-refractivity contribution in [2.45, 2.75) is 51.6 Å². The minimum absolute atomic E-state index is 0.00845. The van der Waals surface area contributed by atoms with E-state index in [1.165, 1.54) is 6.92 Å². The summed E-state index contributed by atoms with van der Waals surface area (Å²) in [6, 6.07) is 0. The quantitative estimate of drug-likeness (QED) is 0.404. The topological polar surface area (TPSA) is 137 Å². The summed E-state index contributed by atoms with van der Waals surface area (Å²) in [5, 5.41) is 0.872. The number of hydrogen-bond donors (Lipinski definition) is 0. The van der Waals surface area contributed by atoms with Crippen molar-refractivity contribution in [3.8, 4) is 0 Å². The predicted octanol–water partition coefficient (Wildman–Crippen LogP) is -0.614. The highest BCUT2D eigenvalue weighted by atomic mass is 16.7. The van der Waals surface area contributed by atoms with Crippen molar-refractivity contribution in [1.82, 2.24) is 10.1 Å². The van der Waals surface area contributed by atoms with Gasteiger partial charge in [-0.1, -0.05) is 0 Å². The molecule has 0 aromatic rings. The van der Waals surface area contributed by atoms with Crippen molar-refractivity contribution in [1.29, 1.82) is 0 Å². The van der Waals surface area contributed by atoms with Gasteiger partial charge in [-0.05, 0) is 13.3 Å². The largest absolute Gasteiger partial charge is 0.367 e. The molecule has 0 radical (unpaired) electrons. The van der Waals surface area contributed by atoms with Crippen LogP contribution < -0.4 is 0 Å². The second kappa shape index (κ2) is 8.52. The van der Waals surface area contributed by atoms with Gasteiger partial charge in [0.25, 0.3) is 23.6 Å². The highest BCUT2D eigenvalue weighted by molar-refractivity contribution is 6.02. The first-order valence-corrected chi connectivity index (χ1v) is 8.05. The van der Waals surface area contributed by atoms with Crippen LogP contribution in [-0.4, -0.2) is 58.4 Å². The van der Waals surface area contributed by atoms with E-state index in [4.69, 9.17) is 4.74 Å². The zero-order chi connectivity index (χ0) is 19.3. The maximum absolute atomic E-state index is 11.8. The van der Waals surface area contributed by atoms with E-state index in [0.717, 1.165) is 0 Å². The van der Waals surface area contributed by atoms with E-state index < -0.39 is 41.7 Å². The zero-order valence-electron chi connectivity index (χ0n) is 14.1. The van der Waals surface area contributed by atoms with Crippen molar-refractivity contribution >= 4 is 35.6 Å². The minimum Gasteiger partial charge on any atom is -0.367 e. The first-order valence-electron chi connectivity index (χ1n) is 8.05. The maximum Gasteiger partial charge on any atom is 0.361 e. The number of nitrogens with zero attached hydrogens (tertiary/aromatic N) is 2. The van der Waals surface area contributed by atoms with Gasteiger partial charge in [0.2, 0.25) is 0 Å². The molecule has 0 aromatic carbocycles. The Balaban J connectivity index is 1.64. The van der Waals surface area contributed by atoms with E-state index in [1.54, 1.807) is 0 Å². The number of ether oxygens (including phenoxy) is 1. The minimum atomic E-state index is -1.06. The van der Waals surface area contributed by atoms with Crippen LogP contribution >= 0.6 is 0 Å². The van der Waals surface area contributed by atoms with Gasteiger partial charge in [0.05, 0.1) is 6.42 Å². The molecule has 1 unspecified atom stereocenters. The molecule has 0 N–H and O–H groups in total. The van der Waals surface area contributed by atoms with E-state index in [2.05, 4.69) is 9.68 Å². The van der Waals surface area contributed by atoms with Crippen LogP contribution in [0, 0.1) is 0 Å². The second-order valence-corrected chi connectivity index (χ2v) is 5.65. The summed E-state index contributed by atoms with van der Waals surface area (Å²) in [6.45, 7) is 1.35. The van der Waals surface area contributed by atoms with Gasteiger partial charge in [-0.15, -0.1) is 10.1 Å². The standard InChI is InChI=1S/C15H18N2O9/c1-9(15(23)26-17-12(20)6-7-13(17)21)24-8-2-3-14(22)25-16-10(18)4-5-11(16)19/h9H,2-8H2,1H3. The van der Waals surface area contributed by atoms with Crippen LogP contribution in [0.5, 0.6) is 0 Å². The van der Waals surface area contributed by atoms with E-state index in [9.17, 15) is 28.8 Å². The monoisotopic (exact) mass is 370 g/mol. The third-order valence-electron chi connectivity index (χ3n) is 3.61. The molecule has 2 heterocycles. The highest BCUT2D eigenvalue weighted by Crippen LogP contribution is 2.14. The number of hydroxylamine groups is 4. The molecule has 2 aliphatic heterocycles. The molecular formula is C15H18N2O9. The summed E-state index contributed by atoms with van der Waals surface area (Å²) in [7, 11) is 0. The van der Waals surface area contributed by atoms with Crippen LogP contribution in [0.25, 0.3) is 0 Å². The number of carbonyl (C=O) groups is 6. The predicted molar refractivity (Wildman–Crippen MR) is 79.0 cm³/mol. The molecule has 4 amide bonds. The highest BCUT2D eigenvalue weighted by Gasteiger charge is 2.34. The van der Waals surface area contributed by atoms with Gasteiger partial charge >= 0.3 is 11.9 Å². The summed E-state index contributed by atoms with van der Waals surface area (Å²) in [5.41, 5.74) is 0. The Kier molecular flexibility index (Phi) is 6.39. The molecule has 2 saturated heterocycles. The van der Waals surface area contributed by atoms with Gasteiger partial charge in [0.15, 0.2) is 6.10 Å². The lowest BCUT2D eigenvalue weighted by Crippen LogP contribution is -2.36. The number of rotatable bonds is 8. The average molecular weight is 370 g/mol. The molecule has 0 saturated carbocycles. The summed E-state index contributed by atoms with van der Waals surface area (Å²) >= 11 is 0. The summed E-state index contributed by atoms with van der Waals surface area (Å²) in [5.74, 6) is -4.01. The van der Waals surface area contributed by atoms with Gasteiger partial charge < -0.3 is 14.4 Å². The fourth-order valence-electron chi connectivity index (χ4n) is 2.17. The van der Waals surface area contributed by atoms with Crippen molar-refractivity contribution in [2.75, 3.05) is 6.61 Å². The smallest absolute Gasteiger partial charge is 0.361 e. The lowest BCUT2D eigenvalue weighted by atomic mass is 10.3. The summed E-state index contributed by atoms with van der Waals surface area (Å²) < 4.78 is 5.17. The average Bonchev–Trinajstić information content (AvgIpc) is 3.08. The molecule has 0 spiro atoms. The Labute approximate surface area is 148 Å². The Morgan fingerprint density at radius 1 is 0.885 bits per heavy atom. The first-order chi connectivity index (χ1) is 12.3.